The molecule has 0 radical (unpaired) electrons. The molecule has 106 valence electrons. The molecule has 2 aliphatic rings. The summed E-state index contributed by atoms with van der Waals surface area (Å²) in [5, 5.41) is 8.59. The molecule has 19 heavy (non-hydrogen) atoms. The lowest BCUT2D eigenvalue weighted by Gasteiger charge is -2.39. The van der Waals surface area contributed by atoms with E-state index in [1.807, 2.05) is 4.90 Å². The van der Waals surface area contributed by atoms with Gasteiger partial charge in [-0.3, -0.25) is 9.69 Å². The first kappa shape index (κ1) is 14.3. The Hall–Kier alpha value is -1.12. The van der Waals surface area contributed by atoms with Crippen LogP contribution in [0.15, 0.2) is 0 Å². The van der Waals surface area contributed by atoms with E-state index < -0.39 is 0 Å². The zero-order chi connectivity index (χ0) is 13.7. The zero-order valence-corrected chi connectivity index (χ0v) is 11.6. The highest BCUT2D eigenvalue weighted by molar-refractivity contribution is 5.83. The summed E-state index contributed by atoms with van der Waals surface area (Å²) >= 11 is 0. The summed E-state index contributed by atoms with van der Waals surface area (Å²) in [6.07, 6.45) is 4.74. The molecule has 1 saturated carbocycles. The largest absolute Gasteiger partial charge is 0.340 e. The number of nitrogens with zero attached hydrogens (tertiary/aromatic N) is 3. The molecule has 0 aromatic heterocycles. The predicted molar refractivity (Wildman–Crippen MR) is 73.2 cm³/mol. The van der Waals surface area contributed by atoms with Gasteiger partial charge in [0.1, 0.15) is 0 Å². The van der Waals surface area contributed by atoms with Crippen LogP contribution in [-0.2, 0) is 4.79 Å². The number of amides is 1. The van der Waals surface area contributed by atoms with Gasteiger partial charge in [0.15, 0.2) is 0 Å². The van der Waals surface area contributed by atoms with Gasteiger partial charge in [0.2, 0.25) is 5.91 Å². The van der Waals surface area contributed by atoms with Crippen LogP contribution >= 0.6 is 0 Å². The summed E-state index contributed by atoms with van der Waals surface area (Å²) in [5.74, 6) is 0.271. The predicted octanol–water partition coefficient (Wildman–Crippen LogP) is 0.563. The molecule has 1 saturated heterocycles. The highest BCUT2D eigenvalue weighted by Gasteiger charge is 2.42. The summed E-state index contributed by atoms with van der Waals surface area (Å²) in [6.45, 7) is 4.64. The van der Waals surface area contributed by atoms with Crippen LogP contribution in [0.3, 0.4) is 0 Å². The van der Waals surface area contributed by atoms with Gasteiger partial charge in [-0.25, -0.2) is 0 Å². The molecule has 0 bridgehead atoms. The van der Waals surface area contributed by atoms with Crippen LogP contribution in [0.25, 0.3) is 0 Å². The molecule has 2 N–H and O–H groups in total. The fraction of sp³-hybridized carbons (Fsp3) is 0.857. The van der Waals surface area contributed by atoms with E-state index in [9.17, 15) is 4.79 Å². The van der Waals surface area contributed by atoms with Gasteiger partial charge in [-0.05, 0) is 12.8 Å². The first-order chi connectivity index (χ1) is 9.22. The summed E-state index contributed by atoms with van der Waals surface area (Å²) in [4.78, 5) is 16.9. The molecule has 0 atom stereocenters. The minimum absolute atomic E-state index is 0.269. The van der Waals surface area contributed by atoms with Crippen molar-refractivity contribution in [1.29, 1.82) is 5.26 Å². The molecule has 1 heterocycles. The molecule has 1 aliphatic heterocycles. The smallest absolute Gasteiger partial charge is 0.230 e. The fourth-order valence-electron chi connectivity index (χ4n) is 3.28. The number of hydrogen-bond acceptors (Lipinski definition) is 4. The fourth-order valence-corrected chi connectivity index (χ4v) is 3.28. The third-order valence-electron chi connectivity index (χ3n) is 4.60. The number of carbonyl (C=O) groups excluding carboxylic acids is 1. The maximum Gasteiger partial charge on any atom is 0.230 e. The Balaban J connectivity index is 1.87. The molecule has 0 spiro atoms. The summed E-state index contributed by atoms with van der Waals surface area (Å²) < 4.78 is 0. The number of piperazine rings is 1. The van der Waals surface area contributed by atoms with Crippen molar-refractivity contribution in [3.8, 4) is 6.07 Å². The molecule has 1 amide bonds. The van der Waals surface area contributed by atoms with E-state index in [0.29, 0.717) is 13.0 Å². The SMILES string of the molecule is N#CCCN1CCN(C(=O)C2(CN)CCCC2)CC1. The molecule has 5 nitrogen and oxygen atoms in total. The van der Waals surface area contributed by atoms with Crippen molar-refractivity contribution in [3.63, 3.8) is 0 Å². The topological polar surface area (TPSA) is 73.4 Å². The number of nitrogens with two attached hydrogens (primary N) is 1. The van der Waals surface area contributed by atoms with E-state index >= 15 is 0 Å². The van der Waals surface area contributed by atoms with Gasteiger partial charge >= 0.3 is 0 Å². The first-order valence-electron chi connectivity index (χ1n) is 7.30. The molecular formula is C14H24N4O. The monoisotopic (exact) mass is 264 g/mol. The van der Waals surface area contributed by atoms with E-state index in [2.05, 4.69) is 11.0 Å². The molecule has 0 unspecified atom stereocenters. The molecular weight excluding hydrogens is 240 g/mol. The second kappa shape index (κ2) is 6.36. The Bertz CT molecular complexity index is 349. The molecule has 2 rings (SSSR count). The van der Waals surface area contributed by atoms with Gasteiger partial charge in [0, 0.05) is 45.7 Å². The van der Waals surface area contributed by atoms with E-state index in [4.69, 9.17) is 11.0 Å². The molecule has 5 heteroatoms. The van der Waals surface area contributed by atoms with Gasteiger partial charge in [-0.15, -0.1) is 0 Å². The maximum absolute atomic E-state index is 12.6. The Morgan fingerprint density at radius 1 is 1.21 bits per heavy atom. The Labute approximate surface area is 115 Å². The highest BCUT2D eigenvalue weighted by Crippen LogP contribution is 2.38. The van der Waals surface area contributed by atoms with Crippen molar-refractivity contribution < 1.29 is 4.79 Å². The number of hydrogen-bond donors (Lipinski definition) is 1. The normalized spacial score (nSPS) is 23.3. The van der Waals surface area contributed by atoms with E-state index in [0.717, 1.165) is 58.4 Å². The second-order valence-corrected chi connectivity index (χ2v) is 5.73. The molecule has 0 aromatic carbocycles. The standard InChI is InChI=1S/C14H24N4O/c15-6-3-7-17-8-10-18(11-9-17)13(19)14(12-16)4-1-2-5-14/h1-5,7-12,16H2. The Morgan fingerprint density at radius 3 is 2.37 bits per heavy atom. The van der Waals surface area contributed by atoms with Gasteiger partial charge < -0.3 is 10.6 Å². The number of carbonyl (C=O) groups is 1. The van der Waals surface area contributed by atoms with Gasteiger partial charge in [-0.1, -0.05) is 12.8 Å². The van der Waals surface area contributed by atoms with Crippen LogP contribution in [-0.4, -0.2) is 55.0 Å². The second-order valence-electron chi connectivity index (χ2n) is 5.73. The summed E-state index contributed by atoms with van der Waals surface area (Å²) in [7, 11) is 0. The van der Waals surface area contributed by atoms with Gasteiger partial charge in [-0.2, -0.15) is 5.26 Å². The summed E-state index contributed by atoms with van der Waals surface area (Å²) in [6, 6.07) is 2.17. The highest BCUT2D eigenvalue weighted by atomic mass is 16.2. The minimum Gasteiger partial charge on any atom is -0.340 e. The molecule has 0 aromatic rings. The number of nitriles is 1. The maximum atomic E-state index is 12.6. The van der Waals surface area contributed by atoms with Crippen molar-refractivity contribution in [1.82, 2.24) is 9.80 Å². The van der Waals surface area contributed by atoms with Crippen LogP contribution in [0.2, 0.25) is 0 Å². The van der Waals surface area contributed by atoms with Crippen molar-refractivity contribution >= 4 is 5.91 Å². The minimum atomic E-state index is -0.269. The van der Waals surface area contributed by atoms with Crippen LogP contribution in [0.4, 0.5) is 0 Å². The van der Waals surface area contributed by atoms with Gasteiger partial charge in [0.05, 0.1) is 11.5 Å². The Morgan fingerprint density at radius 2 is 1.84 bits per heavy atom. The zero-order valence-electron chi connectivity index (χ0n) is 11.6. The average molecular weight is 264 g/mol. The van der Waals surface area contributed by atoms with Crippen LogP contribution < -0.4 is 5.73 Å². The third-order valence-corrected chi connectivity index (χ3v) is 4.60. The van der Waals surface area contributed by atoms with Crippen LogP contribution in [0.5, 0.6) is 0 Å². The van der Waals surface area contributed by atoms with Crippen molar-refractivity contribution in [2.75, 3.05) is 39.3 Å². The van der Waals surface area contributed by atoms with Gasteiger partial charge in [0.25, 0.3) is 0 Å². The molecule has 2 fully saturated rings. The quantitative estimate of drug-likeness (QED) is 0.805. The Kier molecular flexibility index (Phi) is 4.78. The van der Waals surface area contributed by atoms with Crippen LogP contribution in [0.1, 0.15) is 32.1 Å². The van der Waals surface area contributed by atoms with E-state index in [1.54, 1.807) is 0 Å². The summed E-state index contributed by atoms with van der Waals surface area (Å²) in [5.41, 5.74) is 5.61. The van der Waals surface area contributed by atoms with E-state index in [-0.39, 0.29) is 11.3 Å². The van der Waals surface area contributed by atoms with Crippen molar-refractivity contribution in [2.45, 2.75) is 32.1 Å². The van der Waals surface area contributed by atoms with Crippen LogP contribution in [0, 0.1) is 16.7 Å². The average Bonchev–Trinajstić information content (AvgIpc) is 2.95. The van der Waals surface area contributed by atoms with Crippen molar-refractivity contribution in [3.05, 3.63) is 0 Å². The lowest BCUT2D eigenvalue weighted by atomic mass is 9.84. The van der Waals surface area contributed by atoms with Crippen molar-refractivity contribution in [2.24, 2.45) is 11.1 Å². The van der Waals surface area contributed by atoms with E-state index in [1.165, 1.54) is 0 Å². The first-order valence-corrected chi connectivity index (χ1v) is 7.30. The number of rotatable bonds is 4. The molecule has 1 aliphatic carbocycles. The third kappa shape index (κ3) is 3.07. The lowest BCUT2D eigenvalue weighted by Crippen LogP contribution is -2.54. The lowest BCUT2D eigenvalue weighted by molar-refractivity contribution is -0.143.